The minimum absolute atomic E-state index is 0.265. The van der Waals surface area contributed by atoms with Gasteiger partial charge in [0, 0.05) is 0 Å². The predicted molar refractivity (Wildman–Crippen MR) is 86.0 cm³/mol. The number of aryl methyl sites for hydroxylation is 1. The molecule has 0 aliphatic heterocycles. The van der Waals surface area contributed by atoms with Crippen LogP contribution < -0.4 is 0 Å². The third kappa shape index (κ3) is 2.93. The third-order valence-corrected chi connectivity index (χ3v) is 4.10. The van der Waals surface area contributed by atoms with E-state index in [-0.39, 0.29) is 6.04 Å². The van der Waals surface area contributed by atoms with Crippen LogP contribution in [0.4, 0.5) is 0 Å². The van der Waals surface area contributed by atoms with Crippen LogP contribution in [0.2, 0.25) is 0 Å². The molecule has 0 spiro atoms. The molecule has 4 heteroatoms. The van der Waals surface area contributed by atoms with E-state index in [0.29, 0.717) is 6.54 Å². The normalized spacial score (nSPS) is 12.8. The van der Waals surface area contributed by atoms with E-state index >= 15 is 0 Å². The van der Waals surface area contributed by atoms with Crippen LogP contribution in [-0.2, 0) is 6.54 Å². The van der Waals surface area contributed by atoms with E-state index < -0.39 is 0 Å². The second kappa shape index (κ2) is 6.73. The molecule has 1 unspecified atom stereocenters. The molecule has 1 heterocycles. The van der Waals surface area contributed by atoms with Crippen molar-refractivity contribution < 1.29 is 0 Å². The number of hydrogen-bond acceptors (Lipinski definition) is 3. The van der Waals surface area contributed by atoms with Gasteiger partial charge in [-0.25, -0.2) is 4.98 Å². The van der Waals surface area contributed by atoms with Gasteiger partial charge < -0.3 is 4.57 Å². The molecule has 0 radical (unpaired) electrons. The monoisotopic (exact) mass is 284 g/mol. The van der Waals surface area contributed by atoms with Gasteiger partial charge in [-0.1, -0.05) is 26.8 Å². The number of fused-ring (bicyclic) bond motifs is 1. The molecule has 0 fully saturated rings. The van der Waals surface area contributed by atoms with Crippen LogP contribution in [0.5, 0.6) is 0 Å². The summed E-state index contributed by atoms with van der Waals surface area (Å²) in [4.78, 5) is 7.25. The molecule has 21 heavy (non-hydrogen) atoms. The fraction of sp³-hybridized carbons (Fsp3) is 0.529. The molecule has 1 aromatic heterocycles. The Hall–Kier alpha value is -1.86. The Morgan fingerprint density at radius 1 is 1.29 bits per heavy atom. The minimum Gasteiger partial charge on any atom is -0.313 e. The van der Waals surface area contributed by atoms with Crippen molar-refractivity contribution in [2.24, 2.45) is 0 Å². The van der Waals surface area contributed by atoms with Crippen molar-refractivity contribution in [2.75, 3.05) is 13.1 Å². The maximum absolute atomic E-state index is 9.17. The second-order valence-electron chi connectivity index (χ2n) is 5.35. The van der Waals surface area contributed by atoms with Crippen LogP contribution >= 0.6 is 0 Å². The van der Waals surface area contributed by atoms with Crippen molar-refractivity contribution in [1.29, 1.82) is 5.26 Å². The molecule has 2 aromatic rings. The van der Waals surface area contributed by atoms with Crippen molar-refractivity contribution in [2.45, 2.75) is 46.7 Å². The average Bonchev–Trinajstić information content (AvgIpc) is 2.82. The Bertz CT molecular complexity index is 647. The first-order valence-electron chi connectivity index (χ1n) is 7.73. The van der Waals surface area contributed by atoms with Crippen LogP contribution in [0.3, 0.4) is 0 Å². The van der Waals surface area contributed by atoms with Gasteiger partial charge in [0.25, 0.3) is 0 Å². The zero-order valence-electron chi connectivity index (χ0n) is 13.4. The van der Waals surface area contributed by atoms with Gasteiger partial charge in [-0.2, -0.15) is 5.26 Å². The molecule has 1 aromatic carbocycles. The molecule has 0 N–H and O–H groups in total. The highest BCUT2D eigenvalue weighted by atomic mass is 15.2. The number of aromatic nitrogens is 2. The van der Waals surface area contributed by atoms with Gasteiger partial charge in [-0.3, -0.25) is 4.90 Å². The maximum Gasteiger partial charge on any atom is 0.128 e. The Labute approximate surface area is 127 Å². The van der Waals surface area contributed by atoms with Gasteiger partial charge in [-0.05, 0) is 44.1 Å². The van der Waals surface area contributed by atoms with E-state index in [9.17, 15) is 5.26 Å². The van der Waals surface area contributed by atoms with E-state index in [0.717, 1.165) is 36.4 Å². The highest BCUT2D eigenvalue weighted by Crippen LogP contribution is 2.27. The molecule has 1 atom stereocenters. The standard InChI is InChI=1S/C17H24N4/c1-5-15(20(6-2)7-3)17-19-14-12-13(4)8-9-16(14)21(17)11-10-18/h8-9,12,15H,5-7,11H2,1-4H3. The number of benzene rings is 1. The fourth-order valence-corrected chi connectivity index (χ4v) is 3.02. The first-order chi connectivity index (χ1) is 10.2. The quantitative estimate of drug-likeness (QED) is 0.813. The maximum atomic E-state index is 9.17. The van der Waals surface area contributed by atoms with Crippen LogP contribution in [0.25, 0.3) is 11.0 Å². The molecule has 112 valence electrons. The molecule has 0 amide bonds. The lowest BCUT2D eigenvalue weighted by molar-refractivity contribution is 0.201. The van der Waals surface area contributed by atoms with Crippen molar-refractivity contribution >= 4 is 11.0 Å². The lowest BCUT2D eigenvalue weighted by Gasteiger charge is -2.28. The first-order valence-corrected chi connectivity index (χ1v) is 7.73. The summed E-state index contributed by atoms with van der Waals surface area (Å²) in [6.45, 7) is 10.9. The summed E-state index contributed by atoms with van der Waals surface area (Å²) in [6, 6.07) is 8.80. The highest BCUT2D eigenvalue weighted by molar-refractivity contribution is 5.77. The summed E-state index contributed by atoms with van der Waals surface area (Å²) >= 11 is 0. The predicted octanol–water partition coefficient (Wildman–Crippen LogP) is 3.66. The summed E-state index contributed by atoms with van der Waals surface area (Å²) in [5.41, 5.74) is 3.25. The van der Waals surface area contributed by atoms with E-state index in [1.165, 1.54) is 5.56 Å². The lowest BCUT2D eigenvalue weighted by atomic mass is 10.1. The Balaban J connectivity index is 2.60. The van der Waals surface area contributed by atoms with Gasteiger partial charge in [0.2, 0.25) is 0 Å². The van der Waals surface area contributed by atoms with Crippen molar-refractivity contribution in [3.05, 3.63) is 29.6 Å². The van der Waals surface area contributed by atoms with Crippen LogP contribution in [0, 0.1) is 18.3 Å². The van der Waals surface area contributed by atoms with Gasteiger partial charge in [0.05, 0.1) is 23.1 Å². The molecular formula is C17H24N4. The molecule has 0 saturated heterocycles. The van der Waals surface area contributed by atoms with Crippen molar-refractivity contribution in [3.63, 3.8) is 0 Å². The van der Waals surface area contributed by atoms with Gasteiger partial charge in [0.1, 0.15) is 12.4 Å². The zero-order chi connectivity index (χ0) is 15.4. The smallest absolute Gasteiger partial charge is 0.128 e. The molecule has 0 aliphatic carbocycles. The summed E-state index contributed by atoms with van der Waals surface area (Å²) in [5.74, 6) is 1.02. The van der Waals surface area contributed by atoms with E-state index in [1.54, 1.807) is 0 Å². The SMILES string of the molecule is CCC(c1nc2cc(C)ccc2n1CC#N)N(CC)CC. The second-order valence-corrected chi connectivity index (χ2v) is 5.35. The summed E-state index contributed by atoms with van der Waals surface area (Å²) in [7, 11) is 0. The number of rotatable bonds is 6. The summed E-state index contributed by atoms with van der Waals surface area (Å²) in [5, 5.41) is 9.17. The van der Waals surface area contributed by atoms with Gasteiger partial charge >= 0.3 is 0 Å². The van der Waals surface area contributed by atoms with Crippen LogP contribution in [0.1, 0.15) is 44.6 Å². The Morgan fingerprint density at radius 3 is 2.57 bits per heavy atom. The minimum atomic E-state index is 0.265. The molecule has 0 aliphatic rings. The zero-order valence-corrected chi connectivity index (χ0v) is 13.4. The summed E-state index contributed by atoms with van der Waals surface area (Å²) < 4.78 is 2.07. The van der Waals surface area contributed by atoms with Crippen LogP contribution in [-0.4, -0.2) is 27.5 Å². The van der Waals surface area contributed by atoms with E-state index in [1.807, 2.05) is 0 Å². The van der Waals surface area contributed by atoms with Crippen molar-refractivity contribution in [1.82, 2.24) is 14.5 Å². The van der Waals surface area contributed by atoms with Crippen LogP contribution in [0.15, 0.2) is 18.2 Å². The molecule has 4 nitrogen and oxygen atoms in total. The number of imidazole rings is 1. The fourth-order valence-electron chi connectivity index (χ4n) is 3.02. The third-order valence-electron chi connectivity index (χ3n) is 4.10. The molecule has 0 saturated carbocycles. The number of nitriles is 1. The lowest BCUT2D eigenvalue weighted by Crippen LogP contribution is -2.30. The molecule has 0 bridgehead atoms. The van der Waals surface area contributed by atoms with Gasteiger partial charge in [0.15, 0.2) is 0 Å². The average molecular weight is 284 g/mol. The number of nitrogens with zero attached hydrogens (tertiary/aromatic N) is 4. The Kier molecular flexibility index (Phi) is 4.98. The van der Waals surface area contributed by atoms with E-state index in [2.05, 4.69) is 61.4 Å². The summed E-state index contributed by atoms with van der Waals surface area (Å²) in [6.07, 6.45) is 0.995. The van der Waals surface area contributed by atoms with Gasteiger partial charge in [-0.15, -0.1) is 0 Å². The largest absolute Gasteiger partial charge is 0.313 e. The molecule has 2 rings (SSSR count). The van der Waals surface area contributed by atoms with E-state index in [4.69, 9.17) is 4.98 Å². The topological polar surface area (TPSA) is 44.9 Å². The Morgan fingerprint density at radius 2 is 2.00 bits per heavy atom. The van der Waals surface area contributed by atoms with Crippen molar-refractivity contribution in [3.8, 4) is 6.07 Å². The first kappa shape index (κ1) is 15.5. The number of hydrogen-bond donors (Lipinski definition) is 0. The highest BCUT2D eigenvalue weighted by Gasteiger charge is 2.23. The molecular weight excluding hydrogens is 260 g/mol.